The zero-order valence-electron chi connectivity index (χ0n) is 21.6. The molecule has 1 atom stereocenters. The van der Waals surface area contributed by atoms with Crippen LogP contribution in [0.2, 0.25) is 5.02 Å². The summed E-state index contributed by atoms with van der Waals surface area (Å²) in [6.07, 6.45) is 12.0. The van der Waals surface area contributed by atoms with Crippen molar-refractivity contribution >= 4 is 23.4 Å². The summed E-state index contributed by atoms with van der Waals surface area (Å²) in [5.41, 5.74) is 3.48. The Morgan fingerprint density at radius 3 is 2.67 bits per heavy atom. The highest BCUT2D eigenvalue weighted by atomic mass is 35.5. The van der Waals surface area contributed by atoms with Crippen LogP contribution in [0.25, 0.3) is 5.70 Å². The third-order valence-electron chi connectivity index (χ3n) is 6.12. The number of ether oxygens (including phenoxy) is 3. The van der Waals surface area contributed by atoms with Crippen LogP contribution in [-0.4, -0.2) is 61.4 Å². The molecular formula is C27H35ClN4O4. The van der Waals surface area contributed by atoms with Crippen molar-refractivity contribution in [3.8, 4) is 11.5 Å². The lowest BCUT2D eigenvalue weighted by molar-refractivity contribution is 0.0506. The number of carbonyl (C=O) groups excluding carboxylic acids is 1. The van der Waals surface area contributed by atoms with Crippen LogP contribution in [-0.2, 0) is 4.74 Å². The first-order chi connectivity index (χ1) is 17.2. The number of fused-ring (bicyclic) bond motifs is 1. The molecule has 1 saturated heterocycles. The fourth-order valence-electron chi connectivity index (χ4n) is 4.43. The summed E-state index contributed by atoms with van der Waals surface area (Å²) < 4.78 is 16.4. The molecule has 0 saturated carbocycles. The van der Waals surface area contributed by atoms with Gasteiger partial charge in [-0.25, -0.2) is 4.79 Å². The predicted molar refractivity (Wildman–Crippen MR) is 142 cm³/mol. The molecule has 9 heteroatoms. The van der Waals surface area contributed by atoms with Crippen molar-refractivity contribution in [2.24, 2.45) is 0 Å². The maximum absolute atomic E-state index is 12.2. The van der Waals surface area contributed by atoms with Crippen LogP contribution in [0, 0.1) is 0 Å². The topological polar surface area (TPSA) is 75.3 Å². The van der Waals surface area contributed by atoms with Crippen molar-refractivity contribution in [3.63, 3.8) is 0 Å². The van der Waals surface area contributed by atoms with E-state index in [2.05, 4.69) is 44.9 Å². The maximum Gasteiger partial charge on any atom is 0.407 e. The monoisotopic (exact) mass is 514 g/mol. The fraction of sp³-hybridized carbons (Fsp3) is 0.444. The SMILES string of the molecule is COc1cc(OC)c(/C2=C/N3C=CC(N4CCC(NC(=O)OC(C)(C)C)C4)=C/C3=C\CCN2)cc1Cl. The van der Waals surface area contributed by atoms with Gasteiger partial charge in [0, 0.05) is 55.1 Å². The number of amides is 1. The van der Waals surface area contributed by atoms with Gasteiger partial charge >= 0.3 is 6.09 Å². The highest BCUT2D eigenvalue weighted by Gasteiger charge is 2.28. The molecule has 0 radical (unpaired) electrons. The molecule has 1 aromatic rings. The number of carbonyl (C=O) groups is 1. The lowest BCUT2D eigenvalue weighted by Gasteiger charge is -2.29. The van der Waals surface area contributed by atoms with Gasteiger partial charge in [-0.05, 0) is 51.8 Å². The largest absolute Gasteiger partial charge is 0.496 e. The van der Waals surface area contributed by atoms with Crippen molar-refractivity contribution in [1.29, 1.82) is 0 Å². The van der Waals surface area contributed by atoms with E-state index in [9.17, 15) is 4.79 Å². The van der Waals surface area contributed by atoms with Crippen LogP contribution in [0.5, 0.6) is 11.5 Å². The van der Waals surface area contributed by atoms with Gasteiger partial charge in [-0.3, -0.25) is 0 Å². The maximum atomic E-state index is 12.2. The van der Waals surface area contributed by atoms with Crippen molar-refractivity contribution in [3.05, 3.63) is 64.7 Å². The minimum absolute atomic E-state index is 0.0569. The third-order valence-corrected chi connectivity index (χ3v) is 6.41. The number of methoxy groups -OCH3 is 2. The number of rotatable bonds is 5. The van der Waals surface area contributed by atoms with E-state index >= 15 is 0 Å². The Hall–Kier alpha value is -3.26. The van der Waals surface area contributed by atoms with Crippen LogP contribution in [0.1, 0.15) is 39.2 Å². The summed E-state index contributed by atoms with van der Waals surface area (Å²) in [6.45, 7) is 7.99. The molecule has 0 bridgehead atoms. The van der Waals surface area contributed by atoms with Crippen LogP contribution in [0.4, 0.5) is 4.79 Å². The molecule has 1 unspecified atom stereocenters. The summed E-state index contributed by atoms with van der Waals surface area (Å²) >= 11 is 6.43. The number of nitrogens with zero attached hydrogens (tertiary/aromatic N) is 2. The molecule has 3 heterocycles. The van der Waals surface area contributed by atoms with E-state index in [-0.39, 0.29) is 12.1 Å². The molecule has 3 aliphatic heterocycles. The third kappa shape index (κ3) is 6.10. The molecule has 4 rings (SSSR count). The average Bonchev–Trinajstić information content (AvgIpc) is 3.26. The first-order valence-electron chi connectivity index (χ1n) is 12.2. The van der Waals surface area contributed by atoms with Gasteiger partial charge in [0.15, 0.2) is 0 Å². The zero-order valence-corrected chi connectivity index (χ0v) is 22.3. The average molecular weight is 515 g/mol. The van der Waals surface area contributed by atoms with E-state index in [1.165, 1.54) is 0 Å². The van der Waals surface area contributed by atoms with Crippen molar-refractivity contribution in [2.75, 3.05) is 33.9 Å². The van der Waals surface area contributed by atoms with Gasteiger partial charge in [0.2, 0.25) is 0 Å². The molecule has 1 aromatic carbocycles. The van der Waals surface area contributed by atoms with Gasteiger partial charge < -0.3 is 34.6 Å². The van der Waals surface area contributed by atoms with Gasteiger partial charge in [-0.2, -0.15) is 0 Å². The minimum Gasteiger partial charge on any atom is -0.496 e. The highest BCUT2D eigenvalue weighted by molar-refractivity contribution is 6.32. The minimum atomic E-state index is -0.506. The summed E-state index contributed by atoms with van der Waals surface area (Å²) in [5.74, 6) is 1.25. The van der Waals surface area contributed by atoms with Gasteiger partial charge in [-0.15, -0.1) is 0 Å². The zero-order chi connectivity index (χ0) is 25.9. The predicted octanol–water partition coefficient (Wildman–Crippen LogP) is 4.85. The molecule has 0 aromatic heterocycles. The van der Waals surface area contributed by atoms with E-state index < -0.39 is 5.60 Å². The van der Waals surface area contributed by atoms with E-state index in [0.29, 0.717) is 16.5 Å². The summed E-state index contributed by atoms with van der Waals surface area (Å²) in [5, 5.41) is 7.02. The van der Waals surface area contributed by atoms with Crippen LogP contribution in [0.3, 0.4) is 0 Å². The number of likely N-dealkylation sites (tertiary alicyclic amines) is 1. The second-order valence-corrected chi connectivity index (χ2v) is 10.4. The normalized spacial score (nSPS) is 22.6. The number of nitrogens with one attached hydrogen (secondary N) is 2. The van der Waals surface area contributed by atoms with Crippen LogP contribution >= 0.6 is 11.6 Å². The summed E-state index contributed by atoms with van der Waals surface area (Å²) in [4.78, 5) is 16.6. The molecule has 2 N–H and O–H groups in total. The Morgan fingerprint density at radius 1 is 1.17 bits per heavy atom. The molecule has 1 fully saturated rings. The van der Waals surface area contributed by atoms with E-state index in [0.717, 1.165) is 55.1 Å². The van der Waals surface area contributed by atoms with E-state index in [1.807, 2.05) is 33.0 Å². The lowest BCUT2D eigenvalue weighted by Crippen LogP contribution is -2.40. The Balaban J connectivity index is 1.49. The Bertz CT molecular complexity index is 1120. The first kappa shape index (κ1) is 25.8. The van der Waals surface area contributed by atoms with E-state index in [1.54, 1.807) is 20.3 Å². The Labute approximate surface area is 218 Å². The number of benzene rings is 1. The summed E-state index contributed by atoms with van der Waals surface area (Å²) in [6, 6.07) is 3.72. The van der Waals surface area contributed by atoms with Crippen LogP contribution < -0.4 is 20.1 Å². The number of alkyl carbamates (subject to hydrolysis) is 1. The quantitative estimate of drug-likeness (QED) is 0.582. The Kier molecular flexibility index (Phi) is 7.73. The van der Waals surface area contributed by atoms with Gasteiger partial charge in [-0.1, -0.05) is 17.7 Å². The second kappa shape index (κ2) is 10.8. The summed E-state index contributed by atoms with van der Waals surface area (Å²) in [7, 11) is 3.22. The molecule has 1 amide bonds. The van der Waals surface area contributed by atoms with Gasteiger partial charge in [0.05, 0.1) is 31.0 Å². The van der Waals surface area contributed by atoms with E-state index in [4.69, 9.17) is 25.8 Å². The first-order valence-corrected chi connectivity index (χ1v) is 12.5. The Morgan fingerprint density at radius 2 is 1.94 bits per heavy atom. The number of halogens is 1. The standard InChI is InChI=1S/C27H35ClN4O4/c1-27(2,3)36-26(33)30-18-8-11-31(16-18)20-9-12-32-17-23(29-10-6-7-19(32)13-20)21-14-22(28)25(35-5)15-24(21)34-4/h7,9,12-15,17-18,29H,6,8,10-11,16H2,1-5H3,(H,30,33)/b19-7+,23-17-. The molecule has 194 valence electrons. The molecule has 0 spiro atoms. The molecule has 8 nitrogen and oxygen atoms in total. The lowest BCUT2D eigenvalue weighted by atomic mass is 10.1. The molecule has 36 heavy (non-hydrogen) atoms. The fourth-order valence-corrected chi connectivity index (χ4v) is 4.67. The number of hydrogen-bond donors (Lipinski definition) is 2. The van der Waals surface area contributed by atoms with Gasteiger partial charge in [0.25, 0.3) is 0 Å². The molecular weight excluding hydrogens is 480 g/mol. The number of hydrogen-bond acceptors (Lipinski definition) is 7. The highest BCUT2D eigenvalue weighted by Crippen LogP contribution is 2.36. The molecule has 0 aliphatic carbocycles. The second-order valence-electron chi connectivity index (χ2n) is 9.94. The van der Waals surface area contributed by atoms with Crippen molar-refractivity contribution in [1.82, 2.24) is 20.4 Å². The smallest absolute Gasteiger partial charge is 0.407 e. The molecule has 3 aliphatic rings. The van der Waals surface area contributed by atoms with Crippen molar-refractivity contribution in [2.45, 2.75) is 45.3 Å². The number of allylic oxidation sites excluding steroid dienone is 2. The van der Waals surface area contributed by atoms with Crippen molar-refractivity contribution < 1.29 is 19.0 Å². The van der Waals surface area contributed by atoms with Crippen LogP contribution in [0.15, 0.2) is 54.2 Å². The van der Waals surface area contributed by atoms with Gasteiger partial charge in [0.1, 0.15) is 17.1 Å².